The molecule has 30 heavy (non-hydrogen) atoms. The highest BCUT2D eigenvalue weighted by Gasteiger charge is 2.22. The third kappa shape index (κ3) is 4.52. The number of hydrogen-bond donors (Lipinski definition) is 2. The Morgan fingerprint density at radius 3 is 2.63 bits per heavy atom. The Balaban J connectivity index is 1.77. The summed E-state index contributed by atoms with van der Waals surface area (Å²) in [5, 5.41) is 22.7. The van der Waals surface area contributed by atoms with Crippen molar-refractivity contribution in [2.24, 2.45) is 0 Å². The predicted molar refractivity (Wildman–Crippen MR) is 116 cm³/mol. The van der Waals surface area contributed by atoms with E-state index in [1.807, 2.05) is 6.07 Å². The van der Waals surface area contributed by atoms with Crippen LogP contribution in [0.2, 0.25) is 10.0 Å². The highest BCUT2D eigenvalue weighted by molar-refractivity contribution is 7.99. The van der Waals surface area contributed by atoms with E-state index in [9.17, 15) is 15.3 Å². The number of nitrogen functional groups attached to an aromatic ring is 1. The number of anilines is 2. The molecule has 0 spiro atoms. The molecule has 0 aliphatic carbocycles. The molecule has 0 saturated heterocycles. The number of nitrogens with one attached hydrogen (secondary N) is 1. The number of pyridine rings is 1. The first-order valence-corrected chi connectivity index (χ1v) is 10.2. The van der Waals surface area contributed by atoms with Crippen LogP contribution in [0.3, 0.4) is 0 Å². The summed E-state index contributed by atoms with van der Waals surface area (Å²) in [7, 11) is 0. The van der Waals surface area contributed by atoms with Gasteiger partial charge in [0.2, 0.25) is 5.91 Å². The average Bonchev–Trinajstić information content (AvgIpc) is 3.25. The van der Waals surface area contributed by atoms with Gasteiger partial charge in [-0.15, -0.1) is 11.8 Å². The normalized spacial score (nSPS) is 10.3. The Hall–Kier alpha value is -3.17. The number of thioether (sulfide) groups is 1. The van der Waals surface area contributed by atoms with Crippen LogP contribution in [-0.2, 0) is 4.79 Å². The first-order valence-electron chi connectivity index (χ1n) is 8.50. The van der Waals surface area contributed by atoms with Gasteiger partial charge in [-0.05, 0) is 24.3 Å². The second kappa shape index (κ2) is 9.55. The van der Waals surface area contributed by atoms with Gasteiger partial charge in [0.1, 0.15) is 34.3 Å². The number of aromatic nitrogens is 1. The number of furan rings is 1. The summed E-state index contributed by atoms with van der Waals surface area (Å²) < 4.78 is 5.36. The van der Waals surface area contributed by atoms with Crippen molar-refractivity contribution in [1.82, 2.24) is 4.98 Å². The Morgan fingerprint density at radius 1 is 1.20 bits per heavy atom. The number of rotatable bonds is 6. The Kier molecular flexibility index (Phi) is 6.86. The SMILES string of the molecule is N#Cc1c(N)nc(SCCC(=O)Nc2cccc(Cl)c2Cl)c(C#N)c1-c1ccco1. The first-order chi connectivity index (χ1) is 14.5. The number of nitrogens with zero attached hydrogens (tertiary/aromatic N) is 3. The summed E-state index contributed by atoms with van der Waals surface area (Å²) >= 11 is 13.2. The van der Waals surface area contributed by atoms with Crippen LogP contribution in [0.5, 0.6) is 0 Å². The van der Waals surface area contributed by atoms with Crippen molar-refractivity contribution in [2.45, 2.75) is 11.4 Å². The van der Waals surface area contributed by atoms with Gasteiger partial charge in [-0.25, -0.2) is 4.98 Å². The predicted octanol–water partition coefficient (Wildman–Crippen LogP) is 5.09. The van der Waals surface area contributed by atoms with Crippen LogP contribution in [0, 0.1) is 22.7 Å². The molecule has 0 saturated carbocycles. The highest BCUT2D eigenvalue weighted by Crippen LogP contribution is 2.36. The van der Waals surface area contributed by atoms with Gasteiger partial charge in [0.15, 0.2) is 0 Å². The fourth-order valence-electron chi connectivity index (χ4n) is 2.62. The minimum absolute atomic E-state index is 0.0134. The molecule has 2 heterocycles. The number of carbonyl (C=O) groups excluding carboxylic acids is 1. The number of amides is 1. The molecule has 0 atom stereocenters. The van der Waals surface area contributed by atoms with Crippen LogP contribution in [-0.4, -0.2) is 16.6 Å². The zero-order chi connectivity index (χ0) is 21.7. The van der Waals surface area contributed by atoms with E-state index < -0.39 is 0 Å². The lowest BCUT2D eigenvalue weighted by atomic mass is 10.0. The molecule has 0 aliphatic heterocycles. The van der Waals surface area contributed by atoms with Gasteiger partial charge in [-0.3, -0.25) is 4.79 Å². The summed E-state index contributed by atoms with van der Waals surface area (Å²) in [5.41, 5.74) is 6.86. The summed E-state index contributed by atoms with van der Waals surface area (Å²) in [6.07, 6.45) is 1.56. The zero-order valence-electron chi connectivity index (χ0n) is 15.3. The molecule has 150 valence electrons. The largest absolute Gasteiger partial charge is 0.464 e. The molecular weight excluding hydrogens is 445 g/mol. The first kappa shape index (κ1) is 21.5. The van der Waals surface area contributed by atoms with Crippen molar-refractivity contribution in [2.75, 3.05) is 16.8 Å². The molecule has 1 amide bonds. The van der Waals surface area contributed by atoms with E-state index in [2.05, 4.69) is 16.4 Å². The highest BCUT2D eigenvalue weighted by atomic mass is 35.5. The van der Waals surface area contributed by atoms with Crippen LogP contribution in [0.1, 0.15) is 17.5 Å². The second-order valence-electron chi connectivity index (χ2n) is 5.88. The van der Waals surface area contributed by atoms with Gasteiger partial charge in [0, 0.05) is 12.2 Å². The molecule has 10 heteroatoms. The van der Waals surface area contributed by atoms with Gasteiger partial charge in [-0.2, -0.15) is 10.5 Å². The molecule has 3 rings (SSSR count). The van der Waals surface area contributed by atoms with Crippen molar-refractivity contribution >= 4 is 52.4 Å². The van der Waals surface area contributed by atoms with E-state index in [-0.39, 0.29) is 39.9 Å². The second-order valence-corrected chi connectivity index (χ2v) is 7.74. The van der Waals surface area contributed by atoms with Crippen LogP contribution < -0.4 is 11.1 Å². The molecule has 0 radical (unpaired) electrons. The van der Waals surface area contributed by atoms with E-state index in [1.165, 1.54) is 18.0 Å². The lowest BCUT2D eigenvalue weighted by Gasteiger charge is -2.11. The fraction of sp³-hybridized carbons (Fsp3) is 0.100. The van der Waals surface area contributed by atoms with E-state index in [0.29, 0.717) is 27.2 Å². The third-order valence-electron chi connectivity index (χ3n) is 3.98. The minimum Gasteiger partial charge on any atom is -0.464 e. The van der Waals surface area contributed by atoms with Crippen molar-refractivity contribution in [3.63, 3.8) is 0 Å². The zero-order valence-corrected chi connectivity index (χ0v) is 17.6. The van der Waals surface area contributed by atoms with Gasteiger partial charge in [-0.1, -0.05) is 29.3 Å². The van der Waals surface area contributed by atoms with Gasteiger partial charge < -0.3 is 15.5 Å². The van der Waals surface area contributed by atoms with E-state index >= 15 is 0 Å². The average molecular weight is 458 g/mol. The van der Waals surface area contributed by atoms with Crippen molar-refractivity contribution in [1.29, 1.82) is 10.5 Å². The maximum absolute atomic E-state index is 12.2. The van der Waals surface area contributed by atoms with Gasteiger partial charge >= 0.3 is 0 Å². The van der Waals surface area contributed by atoms with Crippen LogP contribution in [0.25, 0.3) is 11.3 Å². The molecule has 0 unspecified atom stereocenters. The van der Waals surface area contributed by atoms with Gasteiger partial charge in [0.05, 0.1) is 33.1 Å². The molecular formula is C20H13Cl2N5O2S. The number of nitrogens with two attached hydrogens (primary N) is 1. The third-order valence-corrected chi connectivity index (χ3v) is 5.77. The van der Waals surface area contributed by atoms with Crippen LogP contribution >= 0.6 is 35.0 Å². The monoisotopic (exact) mass is 457 g/mol. The Bertz CT molecular complexity index is 1180. The molecule has 7 nitrogen and oxygen atoms in total. The van der Waals surface area contributed by atoms with Crippen molar-refractivity contribution in [3.05, 3.63) is 57.8 Å². The lowest BCUT2D eigenvalue weighted by Crippen LogP contribution is -2.12. The van der Waals surface area contributed by atoms with Crippen LogP contribution in [0.15, 0.2) is 46.0 Å². The number of nitriles is 2. The van der Waals surface area contributed by atoms with Crippen LogP contribution in [0.4, 0.5) is 11.5 Å². The van der Waals surface area contributed by atoms with E-state index in [4.69, 9.17) is 33.4 Å². The molecule has 2 aromatic heterocycles. The number of hydrogen-bond acceptors (Lipinski definition) is 7. The topological polar surface area (TPSA) is 129 Å². The molecule has 0 bridgehead atoms. The minimum atomic E-state index is -0.280. The van der Waals surface area contributed by atoms with Crippen molar-refractivity contribution in [3.8, 4) is 23.5 Å². The Morgan fingerprint density at radius 2 is 1.97 bits per heavy atom. The standard InChI is InChI=1S/C20H13Cl2N5O2S/c21-13-3-1-4-14(18(13)22)26-16(28)6-8-30-20-12(10-24)17(15-5-2-7-29-15)11(9-23)19(25)27-20/h1-5,7H,6,8H2,(H2,25,27)(H,26,28). The smallest absolute Gasteiger partial charge is 0.225 e. The summed E-state index contributed by atoms with van der Waals surface area (Å²) in [5.74, 6) is 0.361. The number of benzene rings is 1. The van der Waals surface area contributed by atoms with E-state index in [0.717, 1.165) is 0 Å². The molecule has 3 aromatic rings. The molecule has 0 fully saturated rings. The quantitative estimate of drug-likeness (QED) is 0.492. The summed E-state index contributed by atoms with van der Waals surface area (Å²) in [6, 6.07) is 12.3. The maximum Gasteiger partial charge on any atom is 0.225 e. The summed E-state index contributed by atoms with van der Waals surface area (Å²) in [4.78, 5) is 16.4. The van der Waals surface area contributed by atoms with Gasteiger partial charge in [0.25, 0.3) is 0 Å². The fourth-order valence-corrected chi connectivity index (χ4v) is 3.91. The molecule has 1 aromatic carbocycles. The lowest BCUT2D eigenvalue weighted by molar-refractivity contribution is -0.115. The Labute approximate surface area is 186 Å². The number of halogens is 2. The molecule has 3 N–H and O–H groups in total. The summed E-state index contributed by atoms with van der Waals surface area (Å²) in [6.45, 7) is 0. The number of carbonyl (C=O) groups is 1. The maximum atomic E-state index is 12.2. The van der Waals surface area contributed by atoms with E-state index in [1.54, 1.807) is 30.3 Å². The molecule has 0 aliphatic rings. The van der Waals surface area contributed by atoms with Crippen molar-refractivity contribution < 1.29 is 9.21 Å².